The molecule has 144 valence electrons. The molecule has 27 heavy (non-hydrogen) atoms. The summed E-state index contributed by atoms with van der Waals surface area (Å²) in [6.45, 7) is 1.32. The van der Waals surface area contributed by atoms with E-state index < -0.39 is 11.4 Å². The number of carbonyl (C=O) groups is 3. The van der Waals surface area contributed by atoms with Crippen LogP contribution in [0.25, 0.3) is 0 Å². The highest BCUT2D eigenvalue weighted by Gasteiger charge is 2.55. The molecule has 7 nitrogen and oxygen atoms in total. The van der Waals surface area contributed by atoms with Crippen molar-refractivity contribution in [3.05, 3.63) is 23.2 Å². The van der Waals surface area contributed by atoms with Gasteiger partial charge in [0, 0.05) is 31.7 Å². The van der Waals surface area contributed by atoms with Gasteiger partial charge in [0.1, 0.15) is 0 Å². The molecule has 2 N–H and O–H groups in total. The highest BCUT2D eigenvalue weighted by atomic mass is 35.5. The van der Waals surface area contributed by atoms with Gasteiger partial charge in [-0.15, -0.1) is 0 Å². The molecule has 0 aromatic heterocycles. The fraction of sp³-hybridized carbons (Fsp3) is 0.526. The number of nitrogens with one attached hydrogen (secondary N) is 1. The van der Waals surface area contributed by atoms with Crippen LogP contribution < -0.4 is 10.2 Å². The SMILES string of the molecule is O=C(Nc1cc(N2CCCC2=O)ccc1Cl)N1C[C@@H]2CCC[C@@]2(C(=O)O)C1. The van der Waals surface area contributed by atoms with E-state index in [-0.39, 0.29) is 24.4 Å². The van der Waals surface area contributed by atoms with Crippen LogP contribution in [-0.2, 0) is 9.59 Å². The first-order valence-corrected chi connectivity index (χ1v) is 9.68. The molecule has 2 atom stereocenters. The van der Waals surface area contributed by atoms with Gasteiger partial charge in [-0.1, -0.05) is 18.0 Å². The number of aliphatic carboxylic acids is 1. The Kier molecular flexibility index (Phi) is 4.50. The molecular weight excluding hydrogens is 370 g/mol. The van der Waals surface area contributed by atoms with Crippen molar-refractivity contribution in [2.45, 2.75) is 32.1 Å². The van der Waals surface area contributed by atoms with E-state index in [1.54, 1.807) is 28.0 Å². The number of hydrogen-bond donors (Lipinski definition) is 2. The second-order valence-electron chi connectivity index (χ2n) is 7.67. The third-order valence-electron chi connectivity index (χ3n) is 6.16. The Morgan fingerprint density at radius 3 is 2.78 bits per heavy atom. The number of carboxylic acid groups (broad SMARTS) is 1. The number of fused-ring (bicyclic) bond motifs is 1. The molecule has 0 spiro atoms. The van der Waals surface area contributed by atoms with Crippen LogP contribution in [0.3, 0.4) is 0 Å². The predicted octanol–water partition coefficient (Wildman–Crippen LogP) is 3.19. The third-order valence-corrected chi connectivity index (χ3v) is 6.49. The predicted molar refractivity (Wildman–Crippen MR) is 101 cm³/mol. The fourth-order valence-electron chi connectivity index (χ4n) is 4.69. The van der Waals surface area contributed by atoms with Gasteiger partial charge in [-0.25, -0.2) is 4.79 Å². The molecule has 0 radical (unpaired) electrons. The standard InChI is InChI=1S/C19H22ClN3O4/c20-14-6-5-13(23-8-2-4-16(23)24)9-15(14)21-18(27)22-10-12-3-1-7-19(12,11-22)17(25)26/h5-6,9,12H,1-4,7-8,10-11H2,(H,21,27)(H,25,26)/t12-,19+/m0/s1. The molecule has 3 amide bonds. The molecule has 2 aliphatic heterocycles. The minimum Gasteiger partial charge on any atom is -0.481 e. The van der Waals surface area contributed by atoms with E-state index in [2.05, 4.69) is 5.32 Å². The van der Waals surface area contributed by atoms with Crippen molar-refractivity contribution in [2.24, 2.45) is 11.3 Å². The molecule has 4 rings (SSSR count). The molecule has 1 aromatic carbocycles. The summed E-state index contributed by atoms with van der Waals surface area (Å²) in [5.41, 5.74) is 0.322. The molecule has 0 unspecified atom stereocenters. The van der Waals surface area contributed by atoms with Crippen molar-refractivity contribution in [2.75, 3.05) is 29.9 Å². The maximum absolute atomic E-state index is 12.7. The molecule has 2 heterocycles. The Balaban J connectivity index is 1.50. The minimum absolute atomic E-state index is 0.00442. The first-order valence-electron chi connectivity index (χ1n) is 9.30. The number of rotatable bonds is 3. The number of halogens is 1. The molecule has 2 saturated heterocycles. The van der Waals surface area contributed by atoms with Gasteiger partial charge in [-0.3, -0.25) is 9.59 Å². The second-order valence-corrected chi connectivity index (χ2v) is 8.08. The van der Waals surface area contributed by atoms with Crippen LogP contribution in [0.2, 0.25) is 5.02 Å². The van der Waals surface area contributed by atoms with E-state index in [9.17, 15) is 19.5 Å². The van der Waals surface area contributed by atoms with Gasteiger partial charge in [0.25, 0.3) is 0 Å². The number of amides is 3. The van der Waals surface area contributed by atoms with E-state index in [0.717, 1.165) is 19.3 Å². The van der Waals surface area contributed by atoms with Gasteiger partial charge in [0.15, 0.2) is 0 Å². The maximum Gasteiger partial charge on any atom is 0.321 e. The summed E-state index contributed by atoms with van der Waals surface area (Å²) in [6, 6.07) is 4.78. The average Bonchev–Trinajstić information content (AvgIpc) is 3.30. The highest BCUT2D eigenvalue weighted by molar-refractivity contribution is 6.33. The van der Waals surface area contributed by atoms with Crippen LogP contribution in [0.15, 0.2) is 18.2 Å². The van der Waals surface area contributed by atoms with E-state index >= 15 is 0 Å². The fourth-order valence-corrected chi connectivity index (χ4v) is 4.85. The second kappa shape index (κ2) is 6.71. The van der Waals surface area contributed by atoms with Gasteiger partial charge in [0.2, 0.25) is 5.91 Å². The smallest absolute Gasteiger partial charge is 0.321 e. The number of likely N-dealkylation sites (tertiary alicyclic amines) is 1. The molecule has 8 heteroatoms. The van der Waals surface area contributed by atoms with Gasteiger partial charge >= 0.3 is 12.0 Å². The Morgan fingerprint density at radius 2 is 2.11 bits per heavy atom. The lowest BCUT2D eigenvalue weighted by Gasteiger charge is -2.24. The Morgan fingerprint density at radius 1 is 1.30 bits per heavy atom. The van der Waals surface area contributed by atoms with Gasteiger partial charge in [0.05, 0.1) is 16.1 Å². The zero-order valence-corrected chi connectivity index (χ0v) is 15.7. The van der Waals surface area contributed by atoms with Gasteiger partial charge in [-0.2, -0.15) is 0 Å². The summed E-state index contributed by atoms with van der Waals surface area (Å²) < 4.78 is 0. The number of benzene rings is 1. The first kappa shape index (κ1) is 18.1. The summed E-state index contributed by atoms with van der Waals surface area (Å²) >= 11 is 6.23. The molecule has 0 bridgehead atoms. The Bertz CT molecular complexity index is 814. The molecule has 3 aliphatic rings. The van der Waals surface area contributed by atoms with Crippen LogP contribution in [0.4, 0.5) is 16.2 Å². The van der Waals surface area contributed by atoms with Crippen LogP contribution in [0.5, 0.6) is 0 Å². The molecule has 1 aliphatic carbocycles. The lowest BCUT2D eigenvalue weighted by Crippen LogP contribution is -2.38. The van der Waals surface area contributed by atoms with Crippen LogP contribution in [0.1, 0.15) is 32.1 Å². The van der Waals surface area contributed by atoms with Crippen molar-refractivity contribution in [1.82, 2.24) is 4.90 Å². The van der Waals surface area contributed by atoms with Gasteiger partial charge in [-0.05, 0) is 43.4 Å². The first-order chi connectivity index (χ1) is 12.9. The largest absolute Gasteiger partial charge is 0.481 e. The van der Waals surface area contributed by atoms with E-state index in [1.807, 2.05) is 0 Å². The lowest BCUT2D eigenvalue weighted by atomic mass is 9.81. The quantitative estimate of drug-likeness (QED) is 0.828. The number of hydrogen-bond acceptors (Lipinski definition) is 3. The summed E-state index contributed by atoms with van der Waals surface area (Å²) in [5.74, 6) is -0.747. The summed E-state index contributed by atoms with van der Waals surface area (Å²) in [4.78, 5) is 39.7. The Hall–Kier alpha value is -2.28. The van der Waals surface area contributed by atoms with Gasteiger partial charge < -0.3 is 20.2 Å². The summed E-state index contributed by atoms with van der Waals surface area (Å²) in [7, 11) is 0. The summed E-state index contributed by atoms with van der Waals surface area (Å²) in [5, 5.41) is 12.9. The number of carboxylic acids is 1. The number of carbonyl (C=O) groups excluding carboxylic acids is 2. The molecule has 1 aromatic rings. The van der Waals surface area contributed by atoms with Crippen LogP contribution in [0, 0.1) is 11.3 Å². The zero-order chi connectivity index (χ0) is 19.2. The highest BCUT2D eigenvalue weighted by Crippen LogP contribution is 2.49. The average molecular weight is 392 g/mol. The van der Waals surface area contributed by atoms with Crippen LogP contribution >= 0.6 is 11.6 Å². The number of urea groups is 1. The number of anilines is 2. The normalized spacial score (nSPS) is 27.1. The molecule has 3 fully saturated rings. The van der Waals surface area contributed by atoms with Crippen molar-refractivity contribution in [1.29, 1.82) is 0 Å². The third kappa shape index (κ3) is 3.04. The van der Waals surface area contributed by atoms with Crippen LogP contribution in [-0.4, -0.2) is 47.5 Å². The minimum atomic E-state index is -0.815. The van der Waals surface area contributed by atoms with Crippen molar-refractivity contribution in [3.8, 4) is 0 Å². The number of nitrogens with zero attached hydrogens (tertiary/aromatic N) is 2. The Labute approximate surface area is 162 Å². The topological polar surface area (TPSA) is 90.0 Å². The van der Waals surface area contributed by atoms with Crippen molar-refractivity contribution >= 4 is 40.9 Å². The maximum atomic E-state index is 12.7. The lowest BCUT2D eigenvalue weighted by molar-refractivity contribution is -0.149. The monoisotopic (exact) mass is 391 g/mol. The van der Waals surface area contributed by atoms with E-state index in [4.69, 9.17) is 11.6 Å². The van der Waals surface area contributed by atoms with E-state index in [1.165, 1.54) is 0 Å². The van der Waals surface area contributed by atoms with E-state index in [0.29, 0.717) is 42.3 Å². The molecular formula is C19H22ClN3O4. The zero-order valence-electron chi connectivity index (χ0n) is 14.9. The van der Waals surface area contributed by atoms with Crippen molar-refractivity contribution in [3.63, 3.8) is 0 Å². The molecule has 1 saturated carbocycles. The summed E-state index contributed by atoms with van der Waals surface area (Å²) in [6.07, 6.45) is 3.68. The van der Waals surface area contributed by atoms with Crippen molar-refractivity contribution < 1.29 is 19.5 Å².